The van der Waals surface area contributed by atoms with Crippen LogP contribution in [0.1, 0.15) is 45.5 Å². The van der Waals surface area contributed by atoms with Gasteiger partial charge in [0.05, 0.1) is 17.2 Å². The number of carbonyl (C=O) groups excluding carboxylic acids is 2. The molecule has 0 unspecified atom stereocenters. The van der Waals surface area contributed by atoms with Gasteiger partial charge < -0.3 is 9.64 Å². The summed E-state index contributed by atoms with van der Waals surface area (Å²) in [5, 5.41) is 11.9. The van der Waals surface area contributed by atoms with E-state index in [0.29, 0.717) is 53.4 Å². The molecular formula is C23H24N6O3. The first-order valence-electron chi connectivity index (χ1n) is 10.6. The highest BCUT2D eigenvalue weighted by Crippen LogP contribution is 2.22. The Morgan fingerprint density at radius 2 is 2.03 bits per heavy atom. The third-order valence-corrected chi connectivity index (χ3v) is 5.43. The second kappa shape index (κ2) is 9.58. The Morgan fingerprint density at radius 3 is 2.78 bits per heavy atom. The number of carbonyl (C=O) groups is 2. The molecule has 1 aliphatic heterocycles. The Morgan fingerprint density at radius 1 is 1.22 bits per heavy atom. The number of aryl methyl sites for hydroxylation is 1. The largest absolute Gasteiger partial charge is 0.385 e. The monoisotopic (exact) mass is 432 g/mol. The molecule has 0 atom stereocenters. The molecular weight excluding hydrogens is 408 g/mol. The fourth-order valence-corrected chi connectivity index (χ4v) is 3.81. The average molecular weight is 432 g/mol. The molecule has 0 bridgehead atoms. The lowest BCUT2D eigenvalue weighted by Gasteiger charge is -2.14. The van der Waals surface area contributed by atoms with Crippen LogP contribution in [0.15, 0.2) is 36.5 Å². The maximum atomic E-state index is 12.8. The first kappa shape index (κ1) is 21.5. The molecule has 1 aliphatic rings. The van der Waals surface area contributed by atoms with E-state index in [1.807, 2.05) is 15.5 Å². The predicted molar refractivity (Wildman–Crippen MR) is 118 cm³/mol. The highest BCUT2D eigenvalue weighted by Gasteiger charge is 2.22. The number of nitrogens with zero attached hydrogens (tertiary/aromatic N) is 5. The Hall–Kier alpha value is -3.77. The standard InChI is InChI=1S/C23H24N6O3/c1-32-11-5-10-29-20-19(13-18(15-25-20)22(31)28-8-2-3-9-28)26-23(29)27-21(30)17-7-4-6-16(12-17)14-24/h4,6-7,12-13,15H,2-3,5,8-11H2,1H3,(H,26,27,30). The van der Waals surface area contributed by atoms with Crippen molar-refractivity contribution in [1.82, 2.24) is 19.4 Å². The van der Waals surface area contributed by atoms with Gasteiger partial charge in [-0.15, -0.1) is 0 Å². The Kier molecular flexibility index (Phi) is 6.42. The van der Waals surface area contributed by atoms with Gasteiger partial charge in [0.1, 0.15) is 5.52 Å². The van der Waals surface area contributed by atoms with Crippen molar-refractivity contribution in [1.29, 1.82) is 5.26 Å². The molecule has 1 saturated heterocycles. The summed E-state index contributed by atoms with van der Waals surface area (Å²) in [6.07, 6.45) is 4.29. The number of methoxy groups -OCH3 is 1. The van der Waals surface area contributed by atoms with Gasteiger partial charge in [0.15, 0.2) is 5.65 Å². The highest BCUT2D eigenvalue weighted by molar-refractivity contribution is 6.04. The lowest BCUT2D eigenvalue weighted by molar-refractivity contribution is 0.0792. The van der Waals surface area contributed by atoms with Crippen LogP contribution in [-0.2, 0) is 11.3 Å². The third-order valence-electron chi connectivity index (χ3n) is 5.43. The van der Waals surface area contributed by atoms with E-state index in [9.17, 15) is 9.59 Å². The lowest BCUT2D eigenvalue weighted by Crippen LogP contribution is -2.27. The van der Waals surface area contributed by atoms with Crippen LogP contribution >= 0.6 is 0 Å². The number of anilines is 1. The van der Waals surface area contributed by atoms with E-state index in [0.717, 1.165) is 25.9 Å². The number of fused-ring (bicyclic) bond motifs is 1. The fraction of sp³-hybridized carbons (Fsp3) is 0.348. The molecule has 0 radical (unpaired) electrons. The summed E-state index contributed by atoms with van der Waals surface area (Å²) < 4.78 is 6.96. The molecule has 1 aromatic carbocycles. The van der Waals surface area contributed by atoms with Crippen LogP contribution in [0.5, 0.6) is 0 Å². The van der Waals surface area contributed by atoms with Crippen molar-refractivity contribution in [2.24, 2.45) is 0 Å². The molecule has 3 heterocycles. The molecule has 9 heteroatoms. The zero-order valence-electron chi connectivity index (χ0n) is 17.9. The third kappa shape index (κ3) is 4.45. The molecule has 164 valence electrons. The van der Waals surface area contributed by atoms with Crippen molar-refractivity contribution < 1.29 is 14.3 Å². The number of imidazole rings is 1. The average Bonchev–Trinajstić information content (AvgIpc) is 3.47. The number of rotatable bonds is 7. The minimum atomic E-state index is -0.376. The summed E-state index contributed by atoms with van der Waals surface area (Å²) in [4.78, 5) is 36.4. The zero-order chi connectivity index (χ0) is 22.5. The topological polar surface area (TPSA) is 113 Å². The number of pyridine rings is 1. The summed E-state index contributed by atoms with van der Waals surface area (Å²) >= 11 is 0. The number of ether oxygens (including phenoxy) is 1. The predicted octanol–water partition coefficient (Wildman–Crippen LogP) is 2.83. The number of benzene rings is 1. The lowest BCUT2D eigenvalue weighted by atomic mass is 10.1. The maximum absolute atomic E-state index is 12.8. The van der Waals surface area contributed by atoms with E-state index in [1.165, 1.54) is 6.07 Å². The maximum Gasteiger partial charge on any atom is 0.258 e. The molecule has 9 nitrogen and oxygen atoms in total. The van der Waals surface area contributed by atoms with Crippen LogP contribution < -0.4 is 5.32 Å². The van der Waals surface area contributed by atoms with Gasteiger partial charge in [0, 0.05) is 45.1 Å². The van der Waals surface area contributed by atoms with E-state index >= 15 is 0 Å². The second-order valence-corrected chi connectivity index (χ2v) is 7.65. The van der Waals surface area contributed by atoms with Crippen molar-refractivity contribution in [3.05, 3.63) is 53.2 Å². The minimum Gasteiger partial charge on any atom is -0.385 e. The van der Waals surface area contributed by atoms with Gasteiger partial charge in [0.25, 0.3) is 11.8 Å². The summed E-state index contributed by atoms with van der Waals surface area (Å²) in [7, 11) is 1.63. The quantitative estimate of drug-likeness (QED) is 0.575. The molecule has 32 heavy (non-hydrogen) atoms. The zero-order valence-corrected chi connectivity index (χ0v) is 17.9. The van der Waals surface area contributed by atoms with Crippen LogP contribution in [-0.4, -0.2) is 58.1 Å². The van der Waals surface area contributed by atoms with E-state index in [4.69, 9.17) is 10.00 Å². The fourth-order valence-electron chi connectivity index (χ4n) is 3.81. The minimum absolute atomic E-state index is 0.0512. The van der Waals surface area contributed by atoms with Crippen LogP contribution in [0, 0.1) is 11.3 Å². The van der Waals surface area contributed by atoms with E-state index < -0.39 is 0 Å². The van der Waals surface area contributed by atoms with Crippen LogP contribution in [0.3, 0.4) is 0 Å². The normalized spacial score (nSPS) is 13.3. The number of aromatic nitrogens is 3. The van der Waals surface area contributed by atoms with Crippen molar-refractivity contribution in [3.63, 3.8) is 0 Å². The molecule has 3 aromatic rings. The second-order valence-electron chi connectivity index (χ2n) is 7.65. The molecule has 1 N–H and O–H groups in total. The van der Waals surface area contributed by atoms with Gasteiger partial charge in [-0.05, 0) is 43.5 Å². The number of hydrogen-bond acceptors (Lipinski definition) is 6. The van der Waals surface area contributed by atoms with Gasteiger partial charge in [0.2, 0.25) is 5.95 Å². The first-order chi connectivity index (χ1) is 15.6. The van der Waals surface area contributed by atoms with Crippen LogP contribution in [0.25, 0.3) is 11.2 Å². The summed E-state index contributed by atoms with van der Waals surface area (Å²) in [6, 6.07) is 10.2. The summed E-state index contributed by atoms with van der Waals surface area (Å²) in [5.74, 6) is -0.0924. The Bertz CT molecular complexity index is 1190. The summed E-state index contributed by atoms with van der Waals surface area (Å²) in [5.41, 5.74) is 2.37. The molecule has 0 saturated carbocycles. The smallest absolute Gasteiger partial charge is 0.258 e. The van der Waals surface area contributed by atoms with Gasteiger partial charge in [-0.25, -0.2) is 9.97 Å². The number of amides is 2. The number of nitrogens with one attached hydrogen (secondary N) is 1. The molecule has 2 amide bonds. The summed E-state index contributed by atoms with van der Waals surface area (Å²) in [6.45, 7) is 2.59. The molecule has 4 rings (SSSR count). The van der Waals surface area contributed by atoms with E-state index in [-0.39, 0.29) is 11.8 Å². The van der Waals surface area contributed by atoms with Crippen LogP contribution in [0.4, 0.5) is 5.95 Å². The number of likely N-dealkylation sites (tertiary alicyclic amines) is 1. The Labute approximate surface area is 185 Å². The van der Waals surface area contributed by atoms with Crippen molar-refractivity contribution in [2.45, 2.75) is 25.8 Å². The van der Waals surface area contributed by atoms with Gasteiger partial charge in [-0.2, -0.15) is 5.26 Å². The molecule has 0 aliphatic carbocycles. The molecule has 0 spiro atoms. The number of nitriles is 1. The Balaban J connectivity index is 1.65. The van der Waals surface area contributed by atoms with Crippen LogP contribution in [0.2, 0.25) is 0 Å². The molecule has 1 fully saturated rings. The van der Waals surface area contributed by atoms with E-state index in [1.54, 1.807) is 37.6 Å². The van der Waals surface area contributed by atoms with Crippen molar-refractivity contribution in [2.75, 3.05) is 32.1 Å². The van der Waals surface area contributed by atoms with Crippen molar-refractivity contribution >= 4 is 28.9 Å². The molecule has 2 aromatic heterocycles. The van der Waals surface area contributed by atoms with Crippen molar-refractivity contribution in [3.8, 4) is 6.07 Å². The van der Waals surface area contributed by atoms with Gasteiger partial charge >= 0.3 is 0 Å². The van der Waals surface area contributed by atoms with E-state index in [2.05, 4.69) is 15.3 Å². The number of hydrogen-bond donors (Lipinski definition) is 1. The first-order valence-corrected chi connectivity index (χ1v) is 10.6. The highest BCUT2D eigenvalue weighted by atomic mass is 16.5. The SMILES string of the molecule is COCCCn1c(NC(=O)c2cccc(C#N)c2)nc2cc(C(=O)N3CCCC3)cnc21. The van der Waals surface area contributed by atoms with Gasteiger partial charge in [-0.3, -0.25) is 19.5 Å². The van der Waals surface area contributed by atoms with Gasteiger partial charge in [-0.1, -0.05) is 6.07 Å².